The van der Waals surface area contributed by atoms with Crippen LogP contribution < -0.4 is 10.5 Å². The molecule has 15 heavy (non-hydrogen) atoms. The van der Waals surface area contributed by atoms with Crippen molar-refractivity contribution >= 4 is 21.4 Å². The summed E-state index contributed by atoms with van der Waals surface area (Å²) in [6.07, 6.45) is 0. The molecule has 86 valence electrons. The average Bonchev–Trinajstić information content (AvgIpc) is 2.60. The minimum atomic E-state index is -3.27. The first-order chi connectivity index (χ1) is 6.95. The fraction of sp³-hybridized carbons (Fsp3) is 0.556. The van der Waals surface area contributed by atoms with Crippen molar-refractivity contribution in [3.63, 3.8) is 0 Å². The molecule has 0 saturated heterocycles. The van der Waals surface area contributed by atoms with E-state index in [1.807, 2.05) is 19.1 Å². The van der Waals surface area contributed by atoms with E-state index < -0.39 is 15.3 Å². The Hall–Kier alpha value is -0.430. The summed E-state index contributed by atoms with van der Waals surface area (Å²) in [5, 5.41) is -0.543. The molecule has 0 bridgehead atoms. The lowest BCUT2D eigenvalue weighted by Crippen LogP contribution is -2.36. The summed E-state index contributed by atoms with van der Waals surface area (Å²) >= 11 is 1.59. The fourth-order valence-corrected chi connectivity index (χ4v) is 2.84. The number of hydrogen-bond acceptors (Lipinski definition) is 4. The number of sulfonamides is 1. The Bertz CT molecular complexity index is 412. The van der Waals surface area contributed by atoms with Gasteiger partial charge in [-0.05, 0) is 26.0 Å². The van der Waals surface area contributed by atoms with Crippen LogP contribution in [0.2, 0.25) is 0 Å². The van der Waals surface area contributed by atoms with Gasteiger partial charge in [0.2, 0.25) is 10.0 Å². The molecule has 0 aliphatic heterocycles. The van der Waals surface area contributed by atoms with E-state index in [9.17, 15) is 8.42 Å². The maximum atomic E-state index is 11.6. The van der Waals surface area contributed by atoms with Gasteiger partial charge in [0, 0.05) is 22.8 Å². The van der Waals surface area contributed by atoms with Gasteiger partial charge >= 0.3 is 0 Å². The number of thiophene rings is 1. The molecule has 0 radical (unpaired) electrons. The Kier molecular flexibility index (Phi) is 4.27. The molecule has 1 aromatic heterocycles. The Morgan fingerprint density at radius 2 is 2.20 bits per heavy atom. The predicted molar refractivity (Wildman–Crippen MR) is 63.3 cm³/mol. The third-order valence-corrected chi connectivity index (χ3v) is 4.90. The number of nitrogens with two attached hydrogens (primary N) is 1. The van der Waals surface area contributed by atoms with Crippen molar-refractivity contribution in [1.29, 1.82) is 0 Å². The Labute approximate surface area is 94.5 Å². The summed E-state index contributed by atoms with van der Waals surface area (Å²) in [6, 6.07) is 3.90. The smallest absolute Gasteiger partial charge is 0.215 e. The summed E-state index contributed by atoms with van der Waals surface area (Å²) in [6.45, 7) is 4.08. The lowest BCUT2D eigenvalue weighted by Gasteiger charge is -2.10. The van der Waals surface area contributed by atoms with Crippen LogP contribution in [0.15, 0.2) is 12.1 Å². The maximum Gasteiger partial charge on any atom is 0.215 e. The van der Waals surface area contributed by atoms with Crippen LogP contribution in [-0.2, 0) is 16.6 Å². The molecule has 0 aliphatic carbocycles. The third kappa shape index (κ3) is 3.57. The molecule has 1 heterocycles. The van der Waals surface area contributed by atoms with E-state index in [0.29, 0.717) is 6.54 Å². The van der Waals surface area contributed by atoms with Gasteiger partial charge in [-0.2, -0.15) is 0 Å². The predicted octanol–water partition coefficient (Wildman–Crippen LogP) is 0.823. The second-order valence-electron chi connectivity index (χ2n) is 3.42. The summed E-state index contributed by atoms with van der Waals surface area (Å²) in [5.41, 5.74) is 5.31. The van der Waals surface area contributed by atoms with Crippen molar-refractivity contribution in [3.05, 3.63) is 21.9 Å². The number of aryl methyl sites for hydroxylation is 1. The molecule has 1 atom stereocenters. The van der Waals surface area contributed by atoms with E-state index in [1.54, 1.807) is 18.3 Å². The first-order valence-corrected chi connectivity index (χ1v) is 7.06. The number of nitrogens with one attached hydrogen (secondary N) is 1. The molecule has 0 saturated carbocycles. The minimum absolute atomic E-state index is 0.138. The van der Waals surface area contributed by atoms with Gasteiger partial charge in [-0.1, -0.05) is 0 Å². The average molecular weight is 248 g/mol. The highest BCUT2D eigenvalue weighted by Crippen LogP contribution is 2.15. The summed E-state index contributed by atoms with van der Waals surface area (Å²) in [7, 11) is -3.27. The molecule has 3 N–H and O–H groups in total. The zero-order valence-electron chi connectivity index (χ0n) is 8.86. The van der Waals surface area contributed by atoms with E-state index in [1.165, 1.54) is 4.88 Å². The molecule has 6 heteroatoms. The zero-order chi connectivity index (χ0) is 11.5. The molecule has 0 fully saturated rings. The largest absolute Gasteiger partial charge is 0.329 e. The van der Waals surface area contributed by atoms with Crippen molar-refractivity contribution in [3.8, 4) is 0 Å². The monoisotopic (exact) mass is 248 g/mol. The van der Waals surface area contributed by atoms with Gasteiger partial charge in [0.05, 0.1) is 5.25 Å². The topological polar surface area (TPSA) is 72.2 Å². The minimum Gasteiger partial charge on any atom is -0.329 e. The molecule has 1 aromatic rings. The van der Waals surface area contributed by atoms with Crippen molar-refractivity contribution in [2.45, 2.75) is 25.6 Å². The molecule has 4 nitrogen and oxygen atoms in total. The second-order valence-corrected chi connectivity index (χ2v) is 6.98. The van der Waals surface area contributed by atoms with Crippen LogP contribution in [0.5, 0.6) is 0 Å². The summed E-state index contributed by atoms with van der Waals surface area (Å²) in [5.74, 6) is 0. The van der Waals surface area contributed by atoms with Gasteiger partial charge in [-0.15, -0.1) is 11.3 Å². The SMILES string of the molecule is Cc1ccc(CNS(=O)(=O)C(C)CN)s1. The highest BCUT2D eigenvalue weighted by molar-refractivity contribution is 7.90. The van der Waals surface area contributed by atoms with E-state index >= 15 is 0 Å². The quantitative estimate of drug-likeness (QED) is 0.810. The van der Waals surface area contributed by atoms with Crippen LogP contribution in [0, 0.1) is 6.92 Å². The molecule has 0 aliphatic rings. The lowest BCUT2D eigenvalue weighted by atomic mass is 10.4. The second kappa shape index (κ2) is 5.07. The molecule has 1 rings (SSSR count). The zero-order valence-corrected chi connectivity index (χ0v) is 10.5. The van der Waals surface area contributed by atoms with Crippen LogP contribution in [-0.4, -0.2) is 20.2 Å². The highest BCUT2D eigenvalue weighted by Gasteiger charge is 2.18. The normalized spacial score (nSPS) is 14.1. The van der Waals surface area contributed by atoms with Crippen molar-refractivity contribution < 1.29 is 8.42 Å². The fourth-order valence-electron chi connectivity index (χ4n) is 1.02. The van der Waals surface area contributed by atoms with Gasteiger partial charge in [0.25, 0.3) is 0 Å². The van der Waals surface area contributed by atoms with Crippen molar-refractivity contribution in [2.24, 2.45) is 5.73 Å². The van der Waals surface area contributed by atoms with E-state index in [4.69, 9.17) is 5.73 Å². The van der Waals surface area contributed by atoms with Crippen LogP contribution in [0.3, 0.4) is 0 Å². The highest BCUT2D eigenvalue weighted by atomic mass is 32.2. The summed E-state index contributed by atoms with van der Waals surface area (Å²) in [4.78, 5) is 2.19. The first kappa shape index (κ1) is 12.6. The standard InChI is InChI=1S/C9H16N2O2S2/c1-7-3-4-9(14-7)6-11-15(12,13)8(2)5-10/h3-4,8,11H,5-6,10H2,1-2H3. The van der Waals surface area contributed by atoms with Gasteiger partial charge in [0.15, 0.2) is 0 Å². The molecule has 0 aromatic carbocycles. The van der Waals surface area contributed by atoms with Crippen LogP contribution in [0.4, 0.5) is 0 Å². The Morgan fingerprint density at radius 3 is 2.67 bits per heavy atom. The lowest BCUT2D eigenvalue weighted by molar-refractivity contribution is 0.569. The molecule has 0 amide bonds. The maximum absolute atomic E-state index is 11.6. The van der Waals surface area contributed by atoms with E-state index in [0.717, 1.165) is 4.88 Å². The van der Waals surface area contributed by atoms with Gasteiger partial charge in [0.1, 0.15) is 0 Å². The number of rotatable bonds is 5. The Morgan fingerprint density at radius 1 is 1.53 bits per heavy atom. The molecule has 1 unspecified atom stereocenters. The van der Waals surface area contributed by atoms with Crippen LogP contribution in [0.1, 0.15) is 16.7 Å². The summed E-state index contributed by atoms with van der Waals surface area (Å²) < 4.78 is 25.7. The number of hydrogen-bond donors (Lipinski definition) is 2. The first-order valence-electron chi connectivity index (χ1n) is 4.69. The van der Waals surface area contributed by atoms with Crippen LogP contribution in [0.25, 0.3) is 0 Å². The molecular weight excluding hydrogens is 232 g/mol. The van der Waals surface area contributed by atoms with Gasteiger partial charge in [-0.3, -0.25) is 0 Å². The molecular formula is C9H16N2O2S2. The Balaban J connectivity index is 2.57. The van der Waals surface area contributed by atoms with Crippen LogP contribution >= 0.6 is 11.3 Å². The van der Waals surface area contributed by atoms with Crippen molar-refractivity contribution in [2.75, 3.05) is 6.54 Å². The van der Waals surface area contributed by atoms with E-state index in [-0.39, 0.29) is 6.54 Å². The molecule has 0 spiro atoms. The van der Waals surface area contributed by atoms with E-state index in [2.05, 4.69) is 4.72 Å². The third-order valence-electron chi connectivity index (χ3n) is 2.11. The van der Waals surface area contributed by atoms with Gasteiger partial charge in [-0.25, -0.2) is 13.1 Å². The van der Waals surface area contributed by atoms with Crippen molar-refractivity contribution in [1.82, 2.24) is 4.72 Å². The van der Waals surface area contributed by atoms with Gasteiger partial charge < -0.3 is 5.73 Å².